The van der Waals surface area contributed by atoms with E-state index < -0.39 is 17.4 Å². The summed E-state index contributed by atoms with van der Waals surface area (Å²) in [6.45, 7) is 14.9. The van der Waals surface area contributed by atoms with E-state index >= 15 is 0 Å². The van der Waals surface area contributed by atoms with Crippen LogP contribution in [0.15, 0.2) is 82.6 Å². The van der Waals surface area contributed by atoms with Crippen LogP contribution in [0.3, 0.4) is 0 Å². The number of aryl methyl sites for hydroxylation is 2. The van der Waals surface area contributed by atoms with Crippen molar-refractivity contribution in [1.29, 1.82) is 0 Å². The summed E-state index contributed by atoms with van der Waals surface area (Å²) in [6, 6.07) is 18.1. The number of piperazine rings is 1. The van der Waals surface area contributed by atoms with Gasteiger partial charge in [-0.2, -0.15) is 5.10 Å². The van der Waals surface area contributed by atoms with Crippen LogP contribution in [0, 0.1) is 0 Å². The number of phenols is 2. The molecule has 334 valence electrons. The minimum Gasteiger partial charge on any atom is -0.508 e. The molecule has 0 aliphatic carbocycles. The van der Waals surface area contributed by atoms with Crippen LogP contribution < -0.4 is 16.0 Å². The van der Waals surface area contributed by atoms with E-state index in [0.29, 0.717) is 103 Å². The van der Waals surface area contributed by atoms with E-state index in [1.54, 1.807) is 21.6 Å². The minimum absolute atomic E-state index is 0.0246. The van der Waals surface area contributed by atoms with Gasteiger partial charge >= 0.3 is 11.8 Å². The number of pyridine rings is 2. The van der Waals surface area contributed by atoms with Gasteiger partial charge in [-0.15, -0.1) is 0 Å². The second-order valence-corrected chi connectivity index (χ2v) is 17.5. The lowest BCUT2D eigenvalue weighted by Crippen LogP contribution is -2.49. The molecule has 16 heteroatoms. The van der Waals surface area contributed by atoms with Gasteiger partial charge in [0.1, 0.15) is 35.2 Å². The van der Waals surface area contributed by atoms with E-state index in [1.165, 1.54) is 10.6 Å². The molecule has 3 aliphatic heterocycles. The zero-order valence-electron chi connectivity index (χ0n) is 36.9. The fraction of sp³-hybridized carbons (Fsp3) is 0.327. The van der Waals surface area contributed by atoms with Crippen molar-refractivity contribution < 1.29 is 29.6 Å². The highest BCUT2D eigenvalue weighted by atomic mass is 16.6. The number of hydrogen-bond acceptors (Lipinski definition) is 11. The maximum atomic E-state index is 13.8. The van der Waals surface area contributed by atoms with Crippen molar-refractivity contribution in [2.24, 2.45) is 7.05 Å². The molecular formula is C49H50N8O8. The molecule has 1 atom stereocenters. The standard InChI is InChI=1S/C49H50N8O8/c1-7-32-34-19-31(10-11-39(34)50-44-36(32)24-56-41(44)21-38-37(46(56)60)25-64-27(5)49(38,63)8-2)65-48(62)55-15-13-54(14-16-55)23-30-18-28-17-29(9-12-40(28)53(30)6)57-45(51-52-47(57)61)35-20-33(26(3)4)42(58)22-43(35)59/h9-12,17-22,26,58-59,63H,5,7-8,13-16,23-25H2,1-4,6H3,(H,52,61). The lowest BCUT2D eigenvalue weighted by molar-refractivity contribution is -0.0172. The molecule has 16 nitrogen and oxygen atoms in total. The van der Waals surface area contributed by atoms with Crippen molar-refractivity contribution in [3.05, 3.63) is 127 Å². The molecule has 3 aliphatic rings. The molecule has 1 saturated heterocycles. The van der Waals surface area contributed by atoms with Crippen molar-refractivity contribution in [2.45, 2.75) is 71.8 Å². The largest absolute Gasteiger partial charge is 0.508 e. The Bertz CT molecular complexity index is 3260. The number of ether oxygens (including phenoxy) is 2. The summed E-state index contributed by atoms with van der Waals surface area (Å²) in [4.78, 5) is 49.6. The van der Waals surface area contributed by atoms with E-state index in [9.17, 15) is 29.7 Å². The topological polar surface area (TPSA) is 193 Å². The fourth-order valence-corrected chi connectivity index (χ4v) is 9.84. The maximum absolute atomic E-state index is 13.8. The van der Waals surface area contributed by atoms with Gasteiger partial charge in [-0.05, 0) is 84.5 Å². The van der Waals surface area contributed by atoms with Crippen LogP contribution in [0.1, 0.15) is 73.5 Å². The molecule has 0 bridgehead atoms. The third-order valence-electron chi connectivity index (χ3n) is 13.6. The fourth-order valence-electron chi connectivity index (χ4n) is 9.84. The molecule has 10 rings (SSSR count). The minimum atomic E-state index is -1.47. The molecule has 0 radical (unpaired) electrons. The van der Waals surface area contributed by atoms with Crippen LogP contribution in [0.4, 0.5) is 4.79 Å². The Labute approximate surface area is 373 Å². The Morgan fingerprint density at radius 2 is 1.77 bits per heavy atom. The number of hydrogen-bond donors (Lipinski definition) is 4. The number of fused-ring (bicyclic) bond motifs is 6. The number of aromatic nitrogens is 6. The van der Waals surface area contributed by atoms with Gasteiger partial charge in [-0.25, -0.2) is 24.2 Å². The van der Waals surface area contributed by atoms with E-state index in [2.05, 4.69) is 39.2 Å². The lowest BCUT2D eigenvalue weighted by Gasteiger charge is -2.35. The predicted octanol–water partition coefficient (Wildman–Crippen LogP) is 6.51. The highest BCUT2D eigenvalue weighted by Crippen LogP contribution is 2.43. The van der Waals surface area contributed by atoms with E-state index in [1.807, 2.05) is 64.2 Å². The number of rotatable bonds is 8. The Hall–Kier alpha value is -7.17. The highest BCUT2D eigenvalue weighted by Gasteiger charge is 2.41. The third-order valence-corrected chi connectivity index (χ3v) is 13.6. The first-order valence-corrected chi connectivity index (χ1v) is 22.0. The summed E-state index contributed by atoms with van der Waals surface area (Å²) < 4.78 is 16.9. The number of H-pyrrole nitrogens is 1. The Morgan fingerprint density at radius 3 is 2.51 bits per heavy atom. The molecular weight excluding hydrogens is 829 g/mol. The van der Waals surface area contributed by atoms with E-state index in [-0.39, 0.29) is 41.2 Å². The van der Waals surface area contributed by atoms with Crippen molar-refractivity contribution in [1.82, 2.24) is 38.7 Å². The molecule has 1 amide bonds. The van der Waals surface area contributed by atoms with Crippen LogP contribution in [0.25, 0.3) is 50.3 Å². The molecule has 4 aromatic heterocycles. The van der Waals surface area contributed by atoms with Crippen molar-refractivity contribution >= 4 is 27.9 Å². The maximum Gasteiger partial charge on any atom is 0.415 e. The first-order chi connectivity index (χ1) is 31.2. The van der Waals surface area contributed by atoms with Gasteiger partial charge < -0.3 is 38.8 Å². The number of aromatic amines is 1. The van der Waals surface area contributed by atoms with Gasteiger partial charge in [0, 0.05) is 78.9 Å². The Morgan fingerprint density at radius 1 is 0.985 bits per heavy atom. The molecule has 0 saturated carbocycles. The summed E-state index contributed by atoms with van der Waals surface area (Å²) in [5, 5.41) is 41.2. The zero-order chi connectivity index (χ0) is 45.6. The summed E-state index contributed by atoms with van der Waals surface area (Å²) in [5.41, 5.74) is 6.38. The van der Waals surface area contributed by atoms with Crippen molar-refractivity contribution in [3.63, 3.8) is 0 Å². The van der Waals surface area contributed by atoms with Gasteiger partial charge in [0.15, 0.2) is 5.82 Å². The van der Waals surface area contributed by atoms with Gasteiger partial charge in [0.25, 0.3) is 5.56 Å². The van der Waals surface area contributed by atoms with Crippen LogP contribution in [0.2, 0.25) is 0 Å². The van der Waals surface area contributed by atoms with Gasteiger partial charge in [-0.1, -0.05) is 34.3 Å². The number of amides is 1. The second-order valence-electron chi connectivity index (χ2n) is 17.5. The normalized spacial score (nSPS) is 17.2. The number of carbonyl (C=O) groups is 1. The zero-order valence-corrected chi connectivity index (χ0v) is 36.9. The molecule has 0 spiro atoms. The number of nitrogens with one attached hydrogen (secondary N) is 1. The van der Waals surface area contributed by atoms with Crippen LogP contribution in [-0.4, -0.2) is 86.3 Å². The summed E-state index contributed by atoms with van der Waals surface area (Å²) >= 11 is 0. The quantitative estimate of drug-likeness (QED) is 0.130. The summed E-state index contributed by atoms with van der Waals surface area (Å²) in [6.07, 6.45) is 0.542. The van der Waals surface area contributed by atoms with E-state index in [4.69, 9.17) is 14.5 Å². The average Bonchev–Trinajstić information content (AvgIpc) is 3.96. The molecule has 1 fully saturated rings. The first kappa shape index (κ1) is 41.8. The Kier molecular flexibility index (Phi) is 9.99. The van der Waals surface area contributed by atoms with Crippen molar-refractivity contribution in [2.75, 3.05) is 26.2 Å². The smallest absolute Gasteiger partial charge is 0.415 e. The third kappa shape index (κ3) is 6.69. The van der Waals surface area contributed by atoms with Crippen LogP contribution in [0.5, 0.6) is 17.2 Å². The van der Waals surface area contributed by atoms with Gasteiger partial charge in [-0.3, -0.25) is 9.69 Å². The number of nitrogens with zero attached hydrogens (tertiary/aromatic N) is 7. The summed E-state index contributed by atoms with van der Waals surface area (Å²) in [7, 11) is 2.00. The number of carbonyl (C=O) groups excluding carboxylic acids is 1. The predicted molar refractivity (Wildman–Crippen MR) is 244 cm³/mol. The number of aliphatic hydroxyl groups is 1. The van der Waals surface area contributed by atoms with Gasteiger partial charge in [0.05, 0.1) is 40.3 Å². The molecule has 7 heterocycles. The average molecular weight is 879 g/mol. The Balaban J connectivity index is 0.831. The van der Waals surface area contributed by atoms with E-state index in [0.717, 1.165) is 33.1 Å². The number of aromatic hydroxyl groups is 2. The molecule has 7 aromatic rings. The SMILES string of the molecule is C=C1OCc2c(cc3n(c2=O)Cc2c-3nc3ccc(OC(=O)N4CCN(Cc5cc6cc(-n7c(-c8cc(C(C)C)c(O)cc8O)n[nH]c7=O)ccc6n5C)CC4)cc3c2CC)C1(O)CC. The lowest BCUT2D eigenvalue weighted by atomic mass is 9.84. The molecule has 1 unspecified atom stereocenters. The molecule has 3 aromatic carbocycles. The number of benzene rings is 3. The molecule has 65 heavy (non-hydrogen) atoms. The number of phenolic OH excluding ortho intramolecular Hbond substituents is 2. The molecule has 4 N–H and O–H groups in total. The van der Waals surface area contributed by atoms with Crippen molar-refractivity contribution in [3.8, 4) is 45.7 Å². The second kappa shape index (κ2) is 15.5. The van der Waals surface area contributed by atoms with Crippen LogP contribution >= 0.6 is 0 Å². The first-order valence-electron chi connectivity index (χ1n) is 22.0. The summed E-state index contributed by atoms with van der Waals surface area (Å²) in [5.74, 6) is 0.634. The highest BCUT2D eigenvalue weighted by molar-refractivity contribution is 5.90. The van der Waals surface area contributed by atoms with Crippen LogP contribution in [-0.2, 0) is 43.5 Å². The van der Waals surface area contributed by atoms with Gasteiger partial charge in [0.2, 0.25) is 0 Å². The monoisotopic (exact) mass is 878 g/mol.